The standard InChI is InChI=1S/C15H17BrN4/c1-4-7-17-14-9-15(19-11(3)18-14)20-12-5-6-13(16)10(2)8-12/h4-6,8-9H,1,7H2,2-3H3,(H2,17,18,19,20). The van der Waals surface area contributed by atoms with E-state index in [1.807, 2.05) is 25.1 Å². The predicted octanol–water partition coefficient (Wildman–Crippen LogP) is 4.20. The van der Waals surface area contributed by atoms with Gasteiger partial charge < -0.3 is 10.6 Å². The number of nitrogens with zero attached hydrogens (tertiary/aromatic N) is 2. The van der Waals surface area contributed by atoms with Crippen LogP contribution in [0.5, 0.6) is 0 Å². The van der Waals surface area contributed by atoms with Crippen LogP contribution in [-0.4, -0.2) is 16.5 Å². The van der Waals surface area contributed by atoms with Crippen molar-refractivity contribution in [3.05, 3.63) is 52.8 Å². The molecule has 2 aromatic rings. The molecule has 2 rings (SSSR count). The molecule has 0 fully saturated rings. The maximum atomic E-state index is 4.39. The zero-order chi connectivity index (χ0) is 14.5. The van der Waals surface area contributed by atoms with E-state index in [9.17, 15) is 0 Å². The van der Waals surface area contributed by atoms with Crippen LogP contribution in [0.3, 0.4) is 0 Å². The van der Waals surface area contributed by atoms with Gasteiger partial charge in [-0.1, -0.05) is 22.0 Å². The first-order chi connectivity index (χ1) is 9.58. The summed E-state index contributed by atoms with van der Waals surface area (Å²) in [6.07, 6.45) is 1.79. The summed E-state index contributed by atoms with van der Waals surface area (Å²) < 4.78 is 1.09. The summed E-state index contributed by atoms with van der Waals surface area (Å²) in [5.74, 6) is 2.27. The van der Waals surface area contributed by atoms with Gasteiger partial charge in [-0.15, -0.1) is 6.58 Å². The summed E-state index contributed by atoms with van der Waals surface area (Å²) in [5, 5.41) is 6.46. The molecule has 0 spiro atoms. The van der Waals surface area contributed by atoms with Gasteiger partial charge in [-0.05, 0) is 37.6 Å². The van der Waals surface area contributed by atoms with Crippen LogP contribution in [0.2, 0.25) is 0 Å². The highest BCUT2D eigenvalue weighted by molar-refractivity contribution is 9.10. The third-order valence-electron chi connectivity index (χ3n) is 2.70. The van der Waals surface area contributed by atoms with Crippen molar-refractivity contribution in [2.24, 2.45) is 0 Å². The van der Waals surface area contributed by atoms with E-state index in [2.05, 4.69) is 56.1 Å². The minimum atomic E-state index is 0.674. The summed E-state index contributed by atoms with van der Waals surface area (Å²) in [5.41, 5.74) is 2.17. The molecule has 0 atom stereocenters. The van der Waals surface area contributed by atoms with Gasteiger partial charge in [-0.25, -0.2) is 9.97 Å². The van der Waals surface area contributed by atoms with E-state index in [1.165, 1.54) is 5.56 Å². The Morgan fingerprint density at radius 2 is 1.95 bits per heavy atom. The molecular weight excluding hydrogens is 316 g/mol. The van der Waals surface area contributed by atoms with Gasteiger partial charge in [0.1, 0.15) is 17.5 Å². The van der Waals surface area contributed by atoms with Gasteiger partial charge in [0.25, 0.3) is 0 Å². The monoisotopic (exact) mass is 332 g/mol. The molecule has 1 aromatic carbocycles. The molecular formula is C15H17BrN4. The quantitative estimate of drug-likeness (QED) is 0.805. The highest BCUT2D eigenvalue weighted by Crippen LogP contribution is 2.23. The molecule has 0 aliphatic carbocycles. The summed E-state index contributed by atoms with van der Waals surface area (Å²) in [4.78, 5) is 8.72. The highest BCUT2D eigenvalue weighted by Gasteiger charge is 2.03. The Bertz CT molecular complexity index is 625. The fourth-order valence-electron chi connectivity index (χ4n) is 1.77. The number of aromatic nitrogens is 2. The Balaban J connectivity index is 2.21. The van der Waals surface area contributed by atoms with Crippen LogP contribution in [0, 0.1) is 13.8 Å². The predicted molar refractivity (Wildman–Crippen MR) is 87.6 cm³/mol. The Kier molecular flexibility index (Phi) is 4.74. The molecule has 20 heavy (non-hydrogen) atoms. The number of hydrogen-bond acceptors (Lipinski definition) is 4. The van der Waals surface area contributed by atoms with Crippen LogP contribution >= 0.6 is 15.9 Å². The normalized spacial score (nSPS) is 10.2. The average Bonchev–Trinajstić information content (AvgIpc) is 2.40. The van der Waals surface area contributed by atoms with Gasteiger partial charge in [0, 0.05) is 22.8 Å². The summed E-state index contributed by atoms with van der Waals surface area (Å²) in [6, 6.07) is 7.97. The minimum absolute atomic E-state index is 0.674. The number of nitrogens with one attached hydrogen (secondary N) is 2. The molecule has 0 aliphatic heterocycles. The van der Waals surface area contributed by atoms with Gasteiger partial charge in [-0.2, -0.15) is 0 Å². The number of hydrogen-bond donors (Lipinski definition) is 2. The zero-order valence-corrected chi connectivity index (χ0v) is 13.2. The van der Waals surface area contributed by atoms with Crippen molar-refractivity contribution < 1.29 is 0 Å². The van der Waals surface area contributed by atoms with Crippen molar-refractivity contribution in [2.45, 2.75) is 13.8 Å². The maximum absolute atomic E-state index is 4.39. The molecule has 0 aliphatic rings. The summed E-state index contributed by atoms with van der Waals surface area (Å²) >= 11 is 3.49. The van der Waals surface area contributed by atoms with Gasteiger partial charge in [-0.3, -0.25) is 0 Å². The Labute approximate surface area is 127 Å². The van der Waals surface area contributed by atoms with Gasteiger partial charge in [0.05, 0.1) is 0 Å². The smallest absolute Gasteiger partial charge is 0.136 e. The van der Waals surface area contributed by atoms with E-state index in [0.29, 0.717) is 6.54 Å². The molecule has 2 N–H and O–H groups in total. The van der Waals surface area contributed by atoms with E-state index in [0.717, 1.165) is 27.6 Å². The second-order valence-electron chi connectivity index (χ2n) is 4.44. The molecule has 1 aromatic heterocycles. The molecule has 0 bridgehead atoms. The highest BCUT2D eigenvalue weighted by atomic mass is 79.9. The third kappa shape index (κ3) is 3.81. The van der Waals surface area contributed by atoms with E-state index in [1.54, 1.807) is 6.08 Å². The number of rotatable bonds is 5. The Hall–Kier alpha value is -1.88. The lowest BCUT2D eigenvalue weighted by Crippen LogP contribution is -2.04. The van der Waals surface area contributed by atoms with Crippen LogP contribution < -0.4 is 10.6 Å². The van der Waals surface area contributed by atoms with Crippen LogP contribution in [0.25, 0.3) is 0 Å². The first-order valence-electron chi connectivity index (χ1n) is 6.32. The number of halogens is 1. The van der Waals surface area contributed by atoms with Crippen molar-refractivity contribution in [3.63, 3.8) is 0 Å². The molecule has 0 saturated carbocycles. The topological polar surface area (TPSA) is 49.8 Å². The Morgan fingerprint density at radius 3 is 2.65 bits per heavy atom. The summed E-state index contributed by atoms with van der Waals surface area (Å²) in [7, 11) is 0. The van der Waals surface area contributed by atoms with Crippen molar-refractivity contribution in [3.8, 4) is 0 Å². The van der Waals surface area contributed by atoms with E-state index in [-0.39, 0.29) is 0 Å². The SMILES string of the molecule is C=CCNc1cc(Nc2ccc(Br)c(C)c2)nc(C)n1. The number of anilines is 3. The molecule has 104 valence electrons. The maximum Gasteiger partial charge on any atom is 0.136 e. The molecule has 0 radical (unpaired) electrons. The average molecular weight is 333 g/mol. The lowest BCUT2D eigenvalue weighted by atomic mass is 10.2. The van der Waals surface area contributed by atoms with Crippen LogP contribution in [0.15, 0.2) is 41.4 Å². The van der Waals surface area contributed by atoms with Gasteiger partial charge in [0.2, 0.25) is 0 Å². The van der Waals surface area contributed by atoms with Crippen LogP contribution in [0.1, 0.15) is 11.4 Å². The second-order valence-corrected chi connectivity index (χ2v) is 5.30. The van der Waals surface area contributed by atoms with Gasteiger partial charge >= 0.3 is 0 Å². The van der Waals surface area contributed by atoms with Crippen molar-refractivity contribution in [1.82, 2.24) is 9.97 Å². The lowest BCUT2D eigenvalue weighted by molar-refractivity contribution is 1.05. The first-order valence-corrected chi connectivity index (χ1v) is 7.11. The molecule has 1 heterocycles. The van der Waals surface area contributed by atoms with E-state index in [4.69, 9.17) is 0 Å². The van der Waals surface area contributed by atoms with Gasteiger partial charge in [0.15, 0.2) is 0 Å². The van der Waals surface area contributed by atoms with E-state index < -0.39 is 0 Å². The zero-order valence-electron chi connectivity index (χ0n) is 11.6. The fourth-order valence-corrected chi connectivity index (χ4v) is 2.02. The van der Waals surface area contributed by atoms with Crippen molar-refractivity contribution in [1.29, 1.82) is 0 Å². The van der Waals surface area contributed by atoms with Crippen molar-refractivity contribution >= 4 is 33.3 Å². The molecule has 0 unspecified atom stereocenters. The molecule has 0 amide bonds. The number of benzene rings is 1. The first kappa shape index (κ1) is 14.5. The molecule has 4 nitrogen and oxygen atoms in total. The second kappa shape index (κ2) is 6.52. The van der Waals surface area contributed by atoms with Crippen LogP contribution in [0.4, 0.5) is 17.3 Å². The molecule has 0 saturated heterocycles. The summed E-state index contributed by atoms with van der Waals surface area (Å²) in [6.45, 7) is 8.28. The van der Waals surface area contributed by atoms with Crippen LogP contribution in [-0.2, 0) is 0 Å². The largest absolute Gasteiger partial charge is 0.366 e. The third-order valence-corrected chi connectivity index (χ3v) is 3.59. The lowest BCUT2D eigenvalue weighted by Gasteiger charge is -2.10. The fraction of sp³-hybridized carbons (Fsp3) is 0.200. The van der Waals surface area contributed by atoms with E-state index >= 15 is 0 Å². The minimum Gasteiger partial charge on any atom is -0.366 e. The number of aryl methyl sites for hydroxylation is 2. The Morgan fingerprint density at radius 1 is 1.20 bits per heavy atom. The molecule has 5 heteroatoms. The van der Waals surface area contributed by atoms with Crippen molar-refractivity contribution in [2.75, 3.05) is 17.2 Å².